The summed E-state index contributed by atoms with van der Waals surface area (Å²) in [6.45, 7) is 4.04. The maximum atomic E-state index is 11.7. The second kappa shape index (κ2) is 9.33. The molecule has 17 heavy (non-hydrogen) atoms. The summed E-state index contributed by atoms with van der Waals surface area (Å²) < 4.78 is 0. The zero-order chi connectivity index (χ0) is 13.3. The first-order valence-corrected chi connectivity index (χ1v) is 7.19. The third kappa shape index (κ3) is 8.07. The van der Waals surface area contributed by atoms with E-state index in [1.807, 2.05) is 0 Å². The summed E-state index contributed by atoms with van der Waals surface area (Å²) in [5.74, 6) is 0.588. The van der Waals surface area contributed by atoms with Crippen LogP contribution in [0.4, 0.5) is 0 Å². The minimum Gasteiger partial charge on any atom is -0.481 e. The van der Waals surface area contributed by atoms with E-state index < -0.39 is 11.9 Å². The van der Waals surface area contributed by atoms with Crippen LogP contribution in [0, 0.1) is 5.92 Å². The molecule has 0 heterocycles. The van der Waals surface area contributed by atoms with Crippen LogP contribution in [0.25, 0.3) is 0 Å². The van der Waals surface area contributed by atoms with Crippen molar-refractivity contribution in [2.75, 3.05) is 25.1 Å². The summed E-state index contributed by atoms with van der Waals surface area (Å²) in [6, 6.07) is 0. The predicted molar refractivity (Wildman–Crippen MR) is 71.3 cm³/mol. The monoisotopic (exact) mass is 261 g/mol. The van der Waals surface area contributed by atoms with Gasteiger partial charge in [-0.15, -0.1) is 0 Å². The lowest BCUT2D eigenvalue weighted by molar-refractivity contribution is -0.142. The Labute approximate surface area is 108 Å². The summed E-state index contributed by atoms with van der Waals surface area (Å²) in [7, 11) is 1.67. The first-order valence-electron chi connectivity index (χ1n) is 6.03. The quantitative estimate of drug-likeness (QED) is 0.646. The molecule has 100 valence electrons. The predicted octanol–water partition coefficient (Wildman–Crippen LogP) is 2.09. The molecule has 0 radical (unpaired) electrons. The SMILES string of the molecule is CCCCSCCC(=O)N(C)CC(C)C(=O)O. The van der Waals surface area contributed by atoms with Gasteiger partial charge in [-0.3, -0.25) is 9.59 Å². The lowest BCUT2D eigenvalue weighted by Gasteiger charge is -2.19. The van der Waals surface area contributed by atoms with Gasteiger partial charge in [0.15, 0.2) is 0 Å². The molecule has 4 nitrogen and oxygen atoms in total. The molecule has 1 atom stereocenters. The Morgan fingerprint density at radius 3 is 2.53 bits per heavy atom. The lowest BCUT2D eigenvalue weighted by Crippen LogP contribution is -2.33. The van der Waals surface area contributed by atoms with Crippen LogP contribution in [-0.4, -0.2) is 47.0 Å². The fraction of sp³-hybridized carbons (Fsp3) is 0.833. The van der Waals surface area contributed by atoms with E-state index in [2.05, 4.69) is 6.92 Å². The van der Waals surface area contributed by atoms with Gasteiger partial charge in [0.1, 0.15) is 0 Å². The number of carbonyl (C=O) groups excluding carboxylic acids is 1. The number of rotatable bonds is 9. The van der Waals surface area contributed by atoms with Crippen molar-refractivity contribution in [3.8, 4) is 0 Å². The van der Waals surface area contributed by atoms with Crippen LogP contribution in [0.1, 0.15) is 33.1 Å². The van der Waals surface area contributed by atoms with Gasteiger partial charge in [0.2, 0.25) is 5.91 Å². The summed E-state index contributed by atoms with van der Waals surface area (Å²) in [5.41, 5.74) is 0. The third-order valence-corrected chi connectivity index (χ3v) is 3.57. The molecule has 0 saturated heterocycles. The van der Waals surface area contributed by atoms with Crippen molar-refractivity contribution in [3.63, 3.8) is 0 Å². The van der Waals surface area contributed by atoms with Gasteiger partial charge < -0.3 is 10.0 Å². The van der Waals surface area contributed by atoms with Gasteiger partial charge in [-0.1, -0.05) is 20.3 Å². The van der Waals surface area contributed by atoms with Gasteiger partial charge in [-0.2, -0.15) is 11.8 Å². The Morgan fingerprint density at radius 2 is 2.00 bits per heavy atom. The zero-order valence-corrected chi connectivity index (χ0v) is 11.8. The Hall–Kier alpha value is -0.710. The second-order valence-electron chi connectivity index (χ2n) is 4.23. The van der Waals surface area contributed by atoms with Crippen LogP contribution in [0.2, 0.25) is 0 Å². The number of nitrogens with zero attached hydrogens (tertiary/aromatic N) is 1. The molecule has 5 heteroatoms. The molecule has 1 amide bonds. The molecule has 0 aromatic rings. The van der Waals surface area contributed by atoms with Gasteiger partial charge in [-0.25, -0.2) is 0 Å². The number of carbonyl (C=O) groups is 2. The highest BCUT2D eigenvalue weighted by atomic mass is 32.2. The summed E-state index contributed by atoms with van der Waals surface area (Å²) in [5, 5.41) is 8.74. The molecular formula is C12H23NO3S. The molecule has 0 fully saturated rings. The third-order valence-electron chi connectivity index (χ3n) is 2.50. The number of amides is 1. The molecule has 0 rings (SSSR count). The summed E-state index contributed by atoms with van der Waals surface area (Å²) >= 11 is 1.78. The van der Waals surface area contributed by atoms with Gasteiger partial charge in [0.25, 0.3) is 0 Å². The Balaban J connectivity index is 3.71. The Morgan fingerprint density at radius 1 is 1.35 bits per heavy atom. The molecule has 0 aliphatic carbocycles. The highest BCUT2D eigenvalue weighted by molar-refractivity contribution is 7.99. The van der Waals surface area contributed by atoms with Crippen LogP contribution >= 0.6 is 11.8 Å². The fourth-order valence-corrected chi connectivity index (χ4v) is 2.31. The number of hydrogen-bond acceptors (Lipinski definition) is 3. The molecule has 0 aromatic heterocycles. The maximum absolute atomic E-state index is 11.7. The molecule has 0 spiro atoms. The fourth-order valence-electron chi connectivity index (χ4n) is 1.29. The van der Waals surface area contributed by atoms with Crippen LogP contribution < -0.4 is 0 Å². The summed E-state index contributed by atoms with van der Waals surface area (Å²) in [4.78, 5) is 23.8. The van der Waals surface area contributed by atoms with E-state index in [9.17, 15) is 9.59 Å². The van der Waals surface area contributed by atoms with Crippen molar-refractivity contribution in [2.45, 2.75) is 33.1 Å². The maximum Gasteiger partial charge on any atom is 0.308 e. The molecule has 0 aliphatic heterocycles. The molecular weight excluding hydrogens is 238 g/mol. The number of carboxylic acids is 1. The first kappa shape index (κ1) is 16.3. The van der Waals surface area contributed by atoms with Gasteiger partial charge in [0, 0.05) is 25.8 Å². The average molecular weight is 261 g/mol. The van der Waals surface area contributed by atoms with Crippen LogP contribution in [0.3, 0.4) is 0 Å². The minimum absolute atomic E-state index is 0.0297. The molecule has 1 unspecified atom stereocenters. The van der Waals surface area contributed by atoms with Crippen molar-refractivity contribution >= 4 is 23.6 Å². The normalized spacial score (nSPS) is 12.2. The summed E-state index contributed by atoms with van der Waals surface area (Å²) in [6.07, 6.45) is 2.86. The van der Waals surface area contributed by atoms with Crippen molar-refractivity contribution in [1.29, 1.82) is 0 Å². The van der Waals surface area contributed by atoms with Crippen molar-refractivity contribution in [1.82, 2.24) is 4.90 Å². The largest absolute Gasteiger partial charge is 0.481 e. The molecule has 0 aromatic carbocycles. The minimum atomic E-state index is -0.859. The molecule has 0 aliphatic rings. The number of aliphatic carboxylic acids is 1. The Bertz CT molecular complexity index is 246. The average Bonchev–Trinajstić information content (AvgIpc) is 2.28. The number of carboxylic acid groups (broad SMARTS) is 1. The molecule has 0 bridgehead atoms. The van der Waals surface area contributed by atoms with E-state index in [4.69, 9.17) is 5.11 Å². The highest BCUT2D eigenvalue weighted by Crippen LogP contribution is 2.08. The second-order valence-corrected chi connectivity index (χ2v) is 5.45. The van der Waals surface area contributed by atoms with E-state index in [1.165, 1.54) is 17.7 Å². The van der Waals surface area contributed by atoms with E-state index >= 15 is 0 Å². The molecule has 1 N–H and O–H groups in total. The van der Waals surface area contributed by atoms with E-state index in [-0.39, 0.29) is 12.5 Å². The zero-order valence-electron chi connectivity index (χ0n) is 10.9. The van der Waals surface area contributed by atoms with Gasteiger partial charge in [0.05, 0.1) is 5.92 Å². The van der Waals surface area contributed by atoms with E-state index in [0.717, 1.165) is 11.5 Å². The highest BCUT2D eigenvalue weighted by Gasteiger charge is 2.16. The van der Waals surface area contributed by atoms with Crippen LogP contribution in [-0.2, 0) is 9.59 Å². The smallest absolute Gasteiger partial charge is 0.308 e. The Kier molecular flexibility index (Phi) is 8.94. The van der Waals surface area contributed by atoms with E-state index in [0.29, 0.717) is 6.42 Å². The van der Waals surface area contributed by atoms with Crippen LogP contribution in [0.5, 0.6) is 0 Å². The van der Waals surface area contributed by atoms with Crippen LogP contribution in [0.15, 0.2) is 0 Å². The van der Waals surface area contributed by atoms with Gasteiger partial charge in [-0.05, 0) is 12.2 Å². The lowest BCUT2D eigenvalue weighted by atomic mass is 10.2. The van der Waals surface area contributed by atoms with Crippen molar-refractivity contribution in [2.24, 2.45) is 5.92 Å². The number of unbranched alkanes of at least 4 members (excludes halogenated alkanes) is 1. The first-order chi connectivity index (χ1) is 7.99. The molecule has 0 saturated carbocycles. The standard InChI is InChI=1S/C12H23NO3S/c1-4-5-7-17-8-6-11(14)13(3)9-10(2)12(15)16/h10H,4-9H2,1-3H3,(H,15,16). The number of hydrogen-bond donors (Lipinski definition) is 1. The topological polar surface area (TPSA) is 57.6 Å². The van der Waals surface area contributed by atoms with E-state index in [1.54, 1.807) is 25.7 Å². The van der Waals surface area contributed by atoms with Gasteiger partial charge >= 0.3 is 5.97 Å². The van der Waals surface area contributed by atoms with Crippen molar-refractivity contribution < 1.29 is 14.7 Å². The van der Waals surface area contributed by atoms with Crippen molar-refractivity contribution in [3.05, 3.63) is 0 Å². The number of thioether (sulfide) groups is 1.